The topological polar surface area (TPSA) is 117 Å². The van der Waals surface area contributed by atoms with Gasteiger partial charge in [-0.05, 0) is 35.7 Å². The summed E-state index contributed by atoms with van der Waals surface area (Å²) in [5.74, 6) is 1.98. The lowest BCUT2D eigenvalue weighted by molar-refractivity contribution is 0.306. The van der Waals surface area contributed by atoms with Crippen LogP contribution in [0.25, 0.3) is 17.0 Å². The van der Waals surface area contributed by atoms with Gasteiger partial charge in [0.15, 0.2) is 11.5 Å². The molecule has 3 heterocycles. The quantitative estimate of drug-likeness (QED) is 0.377. The molecular weight excluding hydrogens is 442 g/mol. The van der Waals surface area contributed by atoms with E-state index in [1.165, 1.54) is 4.52 Å². The molecule has 162 valence electrons. The highest BCUT2D eigenvalue weighted by molar-refractivity contribution is 7.91. The molecule has 1 N–H and O–H groups in total. The lowest BCUT2D eigenvalue weighted by atomic mass is 10.2. The SMILES string of the molecule is COc1ccc(OC)c(-c2nnc3ccc(OCCNS(=O)(=O)c4cccs4)nn23)c1. The van der Waals surface area contributed by atoms with E-state index in [-0.39, 0.29) is 17.4 Å². The molecule has 0 unspecified atom stereocenters. The molecule has 31 heavy (non-hydrogen) atoms. The number of nitrogens with zero attached hydrogens (tertiary/aromatic N) is 4. The van der Waals surface area contributed by atoms with Crippen LogP contribution < -0.4 is 18.9 Å². The van der Waals surface area contributed by atoms with Crippen molar-refractivity contribution in [3.8, 4) is 28.8 Å². The Bertz CT molecular complexity index is 1290. The van der Waals surface area contributed by atoms with E-state index in [1.54, 1.807) is 62.1 Å². The average Bonchev–Trinajstić information content (AvgIpc) is 3.46. The van der Waals surface area contributed by atoms with Crippen LogP contribution in [0.15, 0.2) is 52.1 Å². The zero-order valence-electron chi connectivity index (χ0n) is 16.7. The second kappa shape index (κ2) is 8.88. The first-order chi connectivity index (χ1) is 15.0. The van der Waals surface area contributed by atoms with Gasteiger partial charge in [-0.25, -0.2) is 13.1 Å². The second-order valence-corrected chi connectivity index (χ2v) is 9.15. The van der Waals surface area contributed by atoms with Crippen LogP contribution in [0.2, 0.25) is 0 Å². The van der Waals surface area contributed by atoms with Crippen molar-refractivity contribution in [3.05, 3.63) is 47.8 Å². The Balaban J connectivity index is 1.51. The third-order valence-corrected chi connectivity index (χ3v) is 7.15. The van der Waals surface area contributed by atoms with Gasteiger partial charge in [-0.3, -0.25) is 0 Å². The van der Waals surface area contributed by atoms with Crippen molar-refractivity contribution in [1.29, 1.82) is 0 Å². The molecule has 0 spiro atoms. The summed E-state index contributed by atoms with van der Waals surface area (Å²) >= 11 is 1.15. The summed E-state index contributed by atoms with van der Waals surface area (Å²) in [5, 5.41) is 14.5. The number of fused-ring (bicyclic) bond motifs is 1. The number of rotatable bonds is 9. The molecule has 0 atom stereocenters. The smallest absolute Gasteiger partial charge is 0.250 e. The molecule has 0 amide bonds. The number of sulfonamides is 1. The Morgan fingerprint density at radius 1 is 1.10 bits per heavy atom. The molecule has 0 saturated carbocycles. The molecule has 0 radical (unpaired) electrons. The van der Waals surface area contributed by atoms with Crippen LogP contribution in [-0.4, -0.2) is 55.6 Å². The number of ether oxygens (including phenoxy) is 3. The Morgan fingerprint density at radius 2 is 1.97 bits per heavy atom. The molecule has 0 saturated heterocycles. The van der Waals surface area contributed by atoms with Crippen molar-refractivity contribution in [1.82, 2.24) is 24.5 Å². The van der Waals surface area contributed by atoms with Gasteiger partial charge in [0.05, 0.1) is 19.8 Å². The van der Waals surface area contributed by atoms with Gasteiger partial charge in [-0.2, -0.15) is 4.52 Å². The number of hydrogen-bond acceptors (Lipinski definition) is 9. The van der Waals surface area contributed by atoms with Crippen LogP contribution in [0, 0.1) is 0 Å². The van der Waals surface area contributed by atoms with Crippen LogP contribution in [0.3, 0.4) is 0 Å². The fraction of sp³-hybridized carbons (Fsp3) is 0.211. The fourth-order valence-corrected chi connectivity index (χ4v) is 4.88. The average molecular weight is 462 g/mol. The zero-order chi connectivity index (χ0) is 21.8. The predicted molar refractivity (Wildman–Crippen MR) is 114 cm³/mol. The molecule has 12 heteroatoms. The number of hydrogen-bond donors (Lipinski definition) is 1. The number of aromatic nitrogens is 4. The van der Waals surface area contributed by atoms with E-state index in [9.17, 15) is 8.42 Å². The van der Waals surface area contributed by atoms with Crippen molar-refractivity contribution in [2.24, 2.45) is 0 Å². The molecule has 1 aromatic carbocycles. The first kappa shape index (κ1) is 21.0. The summed E-state index contributed by atoms with van der Waals surface area (Å²) in [6, 6.07) is 11.9. The minimum Gasteiger partial charge on any atom is -0.497 e. The van der Waals surface area contributed by atoms with E-state index in [1.807, 2.05) is 0 Å². The molecule has 10 nitrogen and oxygen atoms in total. The van der Waals surface area contributed by atoms with Gasteiger partial charge in [0.1, 0.15) is 22.3 Å². The van der Waals surface area contributed by atoms with Gasteiger partial charge in [0.2, 0.25) is 15.9 Å². The number of nitrogens with one attached hydrogen (secondary N) is 1. The monoisotopic (exact) mass is 461 g/mol. The minimum absolute atomic E-state index is 0.0959. The third-order valence-electron chi connectivity index (χ3n) is 4.29. The van der Waals surface area contributed by atoms with Crippen LogP contribution in [0.4, 0.5) is 0 Å². The van der Waals surface area contributed by atoms with Crippen molar-refractivity contribution in [2.45, 2.75) is 4.21 Å². The maximum Gasteiger partial charge on any atom is 0.250 e. The third kappa shape index (κ3) is 4.45. The summed E-state index contributed by atoms with van der Waals surface area (Å²) in [6.45, 7) is 0.196. The first-order valence-corrected chi connectivity index (χ1v) is 11.5. The number of methoxy groups -OCH3 is 2. The maximum absolute atomic E-state index is 12.1. The standard InChI is InChI=1S/C19H19N5O5S2/c1-27-13-5-6-15(28-2)14(12-13)19-22-21-16-7-8-17(23-24(16)19)29-10-9-20-31(25,26)18-4-3-11-30-18/h3-8,11-12,20H,9-10H2,1-2H3. The van der Waals surface area contributed by atoms with Crippen molar-refractivity contribution >= 4 is 27.0 Å². The summed E-state index contributed by atoms with van der Waals surface area (Å²) in [6.07, 6.45) is 0. The fourth-order valence-electron chi connectivity index (χ4n) is 2.82. The lowest BCUT2D eigenvalue weighted by Gasteiger charge is -2.10. The van der Waals surface area contributed by atoms with Gasteiger partial charge < -0.3 is 14.2 Å². The van der Waals surface area contributed by atoms with Gasteiger partial charge in [0.25, 0.3) is 0 Å². The van der Waals surface area contributed by atoms with Gasteiger partial charge in [-0.15, -0.1) is 26.6 Å². The molecule has 0 aliphatic heterocycles. The van der Waals surface area contributed by atoms with E-state index in [2.05, 4.69) is 20.0 Å². The Hall–Kier alpha value is -3.22. The van der Waals surface area contributed by atoms with Gasteiger partial charge >= 0.3 is 0 Å². The van der Waals surface area contributed by atoms with E-state index in [0.717, 1.165) is 11.3 Å². The van der Waals surface area contributed by atoms with E-state index < -0.39 is 10.0 Å². The van der Waals surface area contributed by atoms with Gasteiger partial charge in [0, 0.05) is 12.6 Å². The molecule has 0 aliphatic carbocycles. The van der Waals surface area contributed by atoms with E-state index in [4.69, 9.17) is 14.2 Å². The van der Waals surface area contributed by atoms with E-state index in [0.29, 0.717) is 34.4 Å². The molecule has 0 aliphatic rings. The molecule has 0 bridgehead atoms. The highest BCUT2D eigenvalue weighted by Crippen LogP contribution is 2.32. The van der Waals surface area contributed by atoms with Crippen LogP contribution >= 0.6 is 11.3 Å². The van der Waals surface area contributed by atoms with Crippen LogP contribution in [0.5, 0.6) is 17.4 Å². The van der Waals surface area contributed by atoms with Crippen molar-refractivity contribution in [3.63, 3.8) is 0 Å². The largest absolute Gasteiger partial charge is 0.497 e. The first-order valence-electron chi connectivity index (χ1n) is 9.12. The van der Waals surface area contributed by atoms with Crippen LogP contribution in [-0.2, 0) is 10.0 Å². The summed E-state index contributed by atoms with van der Waals surface area (Å²) in [4.78, 5) is 0. The number of thiophene rings is 1. The maximum atomic E-state index is 12.1. The Labute approximate surface area is 182 Å². The van der Waals surface area contributed by atoms with Crippen LogP contribution in [0.1, 0.15) is 0 Å². The summed E-state index contributed by atoms with van der Waals surface area (Å²) < 4.78 is 44.9. The predicted octanol–water partition coefficient (Wildman–Crippen LogP) is 2.23. The molecular formula is C19H19N5O5S2. The minimum atomic E-state index is -3.54. The number of benzene rings is 1. The Morgan fingerprint density at radius 3 is 2.71 bits per heavy atom. The Kier molecular flexibility index (Phi) is 6.02. The molecule has 3 aromatic heterocycles. The van der Waals surface area contributed by atoms with E-state index >= 15 is 0 Å². The highest BCUT2D eigenvalue weighted by atomic mass is 32.2. The van der Waals surface area contributed by atoms with Crippen molar-refractivity contribution in [2.75, 3.05) is 27.4 Å². The van der Waals surface area contributed by atoms with Gasteiger partial charge in [-0.1, -0.05) is 6.07 Å². The zero-order valence-corrected chi connectivity index (χ0v) is 18.3. The molecule has 0 fully saturated rings. The second-order valence-electron chi connectivity index (χ2n) is 6.21. The lowest BCUT2D eigenvalue weighted by Crippen LogP contribution is -2.27. The highest BCUT2D eigenvalue weighted by Gasteiger charge is 2.17. The van der Waals surface area contributed by atoms with Crippen molar-refractivity contribution < 1.29 is 22.6 Å². The molecule has 4 aromatic rings. The summed E-state index contributed by atoms with van der Waals surface area (Å²) in [7, 11) is -0.400. The summed E-state index contributed by atoms with van der Waals surface area (Å²) in [5.41, 5.74) is 1.17. The molecule has 4 rings (SSSR count). The normalized spacial score (nSPS) is 11.5.